The molecule has 0 aliphatic carbocycles. The Morgan fingerprint density at radius 1 is 1.39 bits per heavy atom. The number of rotatable bonds is 3. The van der Waals surface area contributed by atoms with Gasteiger partial charge < -0.3 is 10.1 Å². The lowest BCUT2D eigenvalue weighted by atomic mass is 10.2. The molecule has 0 atom stereocenters. The Kier molecular flexibility index (Phi) is 4.61. The van der Waals surface area contributed by atoms with E-state index < -0.39 is 6.36 Å². The molecular weight excluding hydrogens is 315 g/mol. The highest BCUT2D eigenvalue weighted by Gasteiger charge is 2.31. The normalized spacial score (nSPS) is 11.5. The minimum atomic E-state index is -4.73. The van der Waals surface area contributed by atoms with Gasteiger partial charge in [0.15, 0.2) is 0 Å². The first-order chi connectivity index (χ1) is 8.19. The van der Waals surface area contributed by atoms with Crippen molar-refractivity contribution < 1.29 is 22.7 Å². The van der Waals surface area contributed by atoms with Gasteiger partial charge in [0.25, 0.3) is 0 Å². The number of ether oxygens (including phenoxy) is 1. The first kappa shape index (κ1) is 14.8. The lowest BCUT2D eigenvalue weighted by Gasteiger charge is -2.12. The Labute approximate surface area is 110 Å². The Hall–Kier alpha value is -1.24. The molecule has 0 fully saturated rings. The number of hydrogen-bond acceptors (Lipinski definition) is 2. The molecule has 0 saturated heterocycles. The predicted octanol–water partition coefficient (Wildman–Crippen LogP) is 3.94. The molecule has 0 unspecified atom stereocenters. The number of carbonyl (C=O) groups excluding carboxylic acids is 1. The summed E-state index contributed by atoms with van der Waals surface area (Å²) < 4.78 is 40.0. The molecule has 18 heavy (non-hydrogen) atoms. The van der Waals surface area contributed by atoms with Crippen molar-refractivity contribution in [3.05, 3.63) is 22.7 Å². The average molecular weight is 326 g/mol. The third-order valence-electron chi connectivity index (χ3n) is 1.96. The van der Waals surface area contributed by atoms with E-state index in [1.807, 2.05) is 0 Å². The number of anilines is 1. The van der Waals surface area contributed by atoms with Crippen molar-refractivity contribution in [3.8, 4) is 5.75 Å². The van der Waals surface area contributed by atoms with Crippen LogP contribution in [0.25, 0.3) is 0 Å². The maximum Gasteiger partial charge on any atom is 0.573 e. The van der Waals surface area contributed by atoms with E-state index in [9.17, 15) is 18.0 Å². The summed E-state index contributed by atoms with van der Waals surface area (Å²) in [5.41, 5.74) is 0.392. The number of nitrogens with one attached hydrogen (secondary N) is 1. The fourth-order valence-electron chi connectivity index (χ4n) is 1.07. The van der Waals surface area contributed by atoms with Crippen LogP contribution in [0.3, 0.4) is 0 Å². The molecule has 0 bridgehead atoms. The predicted molar refractivity (Wildman–Crippen MR) is 64.3 cm³/mol. The van der Waals surface area contributed by atoms with E-state index in [0.717, 1.165) is 12.1 Å². The van der Waals surface area contributed by atoms with Crippen LogP contribution < -0.4 is 10.1 Å². The quantitative estimate of drug-likeness (QED) is 0.914. The Bertz CT molecular complexity index is 446. The van der Waals surface area contributed by atoms with Gasteiger partial charge in [0.2, 0.25) is 5.91 Å². The van der Waals surface area contributed by atoms with Crippen LogP contribution in [-0.4, -0.2) is 12.3 Å². The zero-order chi connectivity index (χ0) is 13.9. The second-order valence-electron chi connectivity index (χ2n) is 3.83. The molecule has 1 aromatic rings. The second kappa shape index (κ2) is 5.60. The number of carbonyl (C=O) groups is 1. The monoisotopic (exact) mass is 325 g/mol. The fraction of sp³-hybridized carbons (Fsp3) is 0.364. The van der Waals surface area contributed by atoms with Gasteiger partial charge >= 0.3 is 6.36 Å². The van der Waals surface area contributed by atoms with Crippen LogP contribution in [0.5, 0.6) is 5.75 Å². The molecule has 1 amide bonds. The molecule has 1 aromatic carbocycles. The van der Waals surface area contributed by atoms with Gasteiger partial charge in [0.05, 0.1) is 5.69 Å². The molecule has 0 radical (unpaired) electrons. The van der Waals surface area contributed by atoms with Gasteiger partial charge in [-0.3, -0.25) is 4.79 Å². The topological polar surface area (TPSA) is 38.3 Å². The highest BCUT2D eigenvalue weighted by molar-refractivity contribution is 9.10. The van der Waals surface area contributed by atoms with E-state index >= 15 is 0 Å². The van der Waals surface area contributed by atoms with Crippen LogP contribution in [-0.2, 0) is 4.79 Å². The molecular formula is C11H11BrF3NO2. The maximum absolute atomic E-state index is 12.0. The molecule has 0 aliphatic heterocycles. The maximum atomic E-state index is 12.0. The zero-order valence-corrected chi connectivity index (χ0v) is 11.2. The van der Waals surface area contributed by atoms with Crippen LogP contribution in [0.15, 0.2) is 22.7 Å². The van der Waals surface area contributed by atoms with E-state index in [0.29, 0.717) is 10.2 Å². The van der Waals surface area contributed by atoms with Crippen molar-refractivity contribution in [2.24, 2.45) is 5.92 Å². The van der Waals surface area contributed by atoms with Crippen LogP contribution in [0.2, 0.25) is 0 Å². The molecule has 0 saturated carbocycles. The van der Waals surface area contributed by atoms with E-state index in [2.05, 4.69) is 26.0 Å². The van der Waals surface area contributed by atoms with E-state index in [1.54, 1.807) is 13.8 Å². The highest BCUT2D eigenvalue weighted by Crippen LogP contribution is 2.30. The zero-order valence-electron chi connectivity index (χ0n) is 9.64. The van der Waals surface area contributed by atoms with Crippen LogP contribution in [0, 0.1) is 5.92 Å². The van der Waals surface area contributed by atoms with E-state index in [-0.39, 0.29) is 17.6 Å². The van der Waals surface area contributed by atoms with Crippen LogP contribution in [0.4, 0.5) is 18.9 Å². The number of amides is 1. The summed E-state index contributed by atoms with van der Waals surface area (Å²) >= 11 is 3.07. The average Bonchev–Trinajstić information content (AvgIpc) is 2.19. The molecule has 1 N–H and O–H groups in total. The van der Waals surface area contributed by atoms with Gasteiger partial charge in [-0.25, -0.2) is 0 Å². The smallest absolute Gasteiger partial charge is 0.406 e. The summed E-state index contributed by atoms with van der Waals surface area (Å²) in [7, 11) is 0. The van der Waals surface area contributed by atoms with Gasteiger partial charge in [-0.1, -0.05) is 13.8 Å². The first-order valence-corrected chi connectivity index (χ1v) is 5.84. The third-order valence-corrected chi connectivity index (χ3v) is 2.61. The first-order valence-electron chi connectivity index (χ1n) is 5.05. The molecule has 0 aliphatic rings. The summed E-state index contributed by atoms with van der Waals surface area (Å²) in [4.78, 5) is 11.4. The van der Waals surface area contributed by atoms with Crippen molar-refractivity contribution in [2.45, 2.75) is 20.2 Å². The van der Waals surface area contributed by atoms with Gasteiger partial charge in [-0.2, -0.15) is 0 Å². The molecule has 0 aromatic heterocycles. The molecule has 100 valence electrons. The third kappa shape index (κ3) is 4.56. The van der Waals surface area contributed by atoms with Gasteiger partial charge in [0.1, 0.15) is 5.75 Å². The van der Waals surface area contributed by atoms with Crippen molar-refractivity contribution >= 4 is 27.5 Å². The molecule has 7 heteroatoms. The number of halogens is 4. The summed E-state index contributed by atoms with van der Waals surface area (Å²) in [6.45, 7) is 3.43. The number of benzene rings is 1. The fourth-order valence-corrected chi connectivity index (χ4v) is 1.53. The standard InChI is InChI=1S/C11H11BrF3NO2/c1-6(2)10(17)16-9-4-3-7(5-8(9)12)18-11(13,14)15/h3-6H,1-2H3,(H,16,17). The van der Waals surface area contributed by atoms with Gasteiger partial charge in [-0.05, 0) is 34.1 Å². The van der Waals surface area contributed by atoms with Gasteiger partial charge in [0, 0.05) is 10.4 Å². The number of alkyl halides is 3. The molecule has 0 spiro atoms. The van der Waals surface area contributed by atoms with Crippen LogP contribution >= 0.6 is 15.9 Å². The summed E-state index contributed by atoms with van der Waals surface area (Å²) in [6, 6.07) is 3.61. The van der Waals surface area contributed by atoms with Gasteiger partial charge in [-0.15, -0.1) is 13.2 Å². The lowest BCUT2D eigenvalue weighted by Crippen LogP contribution is -2.19. The minimum Gasteiger partial charge on any atom is -0.406 e. The van der Waals surface area contributed by atoms with Crippen molar-refractivity contribution in [1.29, 1.82) is 0 Å². The van der Waals surface area contributed by atoms with E-state index in [1.165, 1.54) is 6.07 Å². The summed E-state index contributed by atoms with van der Waals surface area (Å²) in [5, 5.41) is 2.58. The second-order valence-corrected chi connectivity index (χ2v) is 4.69. The van der Waals surface area contributed by atoms with Crippen LogP contribution in [0.1, 0.15) is 13.8 Å². The van der Waals surface area contributed by atoms with Crippen molar-refractivity contribution in [1.82, 2.24) is 0 Å². The lowest BCUT2D eigenvalue weighted by molar-refractivity contribution is -0.274. The Morgan fingerprint density at radius 3 is 2.44 bits per heavy atom. The summed E-state index contributed by atoms with van der Waals surface area (Å²) in [6.07, 6.45) is -4.73. The van der Waals surface area contributed by atoms with Crippen molar-refractivity contribution in [3.63, 3.8) is 0 Å². The highest BCUT2D eigenvalue weighted by atomic mass is 79.9. The molecule has 1 rings (SSSR count). The number of hydrogen-bond donors (Lipinski definition) is 1. The SMILES string of the molecule is CC(C)C(=O)Nc1ccc(OC(F)(F)F)cc1Br. The molecule has 3 nitrogen and oxygen atoms in total. The Balaban J connectivity index is 2.83. The largest absolute Gasteiger partial charge is 0.573 e. The minimum absolute atomic E-state index is 0.219. The Morgan fingerprint density at radius 2 is 2.00 bits per heavy atom. The van der Waals surface area contributed by atoms with Crippen molar-refractivity contribution in [2.75, 3.05) is 5.32 Å². The molecule has 0 heterocycles. The van der Waals surface area contributed by atoms with E-state index in [4.69, 9.17) is 0 Å². The summed E-state index contributed by atoms with van der Waals surface area (Å²) in [5.74, 6) is -0.792.